The number of carboxylic acid groups (broad SMARTS) is 1. The highest BCUT2D eigenvalue weighted by Gasteiger charge is 2.71. The minimum Gasteiger partial charge on any atom is -0.493 e. The first-order valence-corrected chi connectivity index (χ1v) is 14.5. The fourth-order valence-electron chi connectivity index (χ4n) is 7.28. The van der Waals surface area contributed by atoms with Gasteiger partial charge in [0.15, 0.2) is 29.8 Å². The van der Waals surface area contributed by atoms with E-state index in [0.29, 0.717) is 24.3 Å². The molecule has 1 fully saturated rings. The molecule has 0 aromatic heterocycles. The van der Waals surface area contributed by atoms with Crippen LogP contribution in [0.1, 0.15) is 70.4 Å². The van der Waals surface area contributed by atoms with Crippen LogP contribution in [-0.4, -0.2) is 70.9 Å². The van der Waals surface area contributed by atoms with Gasteiger partial charge in [0, 0.05) is 12.0 Å². The van der Waals surface area contributed by atoms with Crippen LogP contribution in [0.15, 0.2) is 24.0 Å². The maximum atomic E-state index is 13.3. The highest BCUT2D eigenvalue weighted by molar-refractivity contribution is 5.88. The van der Waals surface area contributed by atoms with Gasteiger partial charge in [-0.25, -0.2) is 9.59 Å². The van der Waals surface area contributed by atoms with Crippen molar-refractivity contribution < 1.29 is 57.9 Å². The van der Waals surface area contributed by atoms with Crippen LogP contribution >= 0.6 is 0 Å². The first-order valence-electron chi connectivity index (χ1n) is 14.5. The van der Waals surface area contributed by atoms with Crippen LogP contribution in [0.2, 0.25) is 0 Å². The van der Waals surface area contributed by atoms with Crippen LogP contribution in [0.5, 0.6) is 11.5 Å². The van der Waals surface area contributed by atoms with E-state index >= 15 is 0 Å². The Morgan fingerprint density at radius 1 is 1.07 bits per heavy atom. The predicted molar refractivity (Wildman–Crippen MR) is 146 cm³/mol. The maximum Gasteiger partial charge on any atom is 0.347 e. The lowest BCUT2D eigenvalue weighted by Gasteiger charge is -2.59. The zero-order chi connectivity index (χ0) is 31.3. The molecule has 12 heteroatoms. The number of carbonyl (C=O) groups is 5. The zero-order valence-electron chi connectivity index (χ0n) is 24.5. The van der Waals surface area contributed by atoms with Crippen molar-refractivity contribution in [3.05, 3.63) is 35.1 Å². The second-order valence-electron chi connectivity index (χ2n) is 11.9. The number of rotatable bonds is 11. The van der Waals surface area contributed by atoms with E-state index in [4.69, 9.17) is 28.8 Å². The molecule has 5 rings (SSSR count). The summed E-state index contributed by atoms with van der Waals surface area (Å²) < 4.78 is 27.7. The van der Waals surface area contributed by atoms with Crippen LogP contribution in [-0.2, 0) is 50.0 Å². The summed E-state index contributed by atoms with van der Waals surface area (Å²) in [5.74, 6) is -4.66. The molecule has 2 N–H and O–H groups in total. The minimum atomic E-state index is -1.47. The molecule has 7 atom stereocenters. The average molecular weight is 601 g/mol. The van der Waals surface area contributed by atoms with E-state index in [9.17, 15) is 29.1 Å². The van der Waals surface area contributed by atoms with Gasteiger partial charge in [0.25, 0.3) is 0 Å². The maximum absolute atomic E-state index is 13.3. The van der Waals surface area contributed by atoms with Gasteiger partial charge in [0.1, 0.15) is 11.5 Å². The monoisotopic (exact) mass is 600 g/mol. The molecule has 232 valence electrons. The molecule has 4 aliphatic rings. The average Bonchev–Trinajstić information content (AvgIpc) is 3.28. The summed E-state index contributed by atoms with van der Waals surface area (Å²) in [5.41, 5.74) is 0.0431. The van der Waals surface area contributed by atoms with Crippen LogP contribution in [0.25, 0.3) is 0 Å². The van der Waals surface area contributed by atoms with Gasteiger partial charge in [0.2, 0.25) is 0 Å². The summed E-state index contributed by atoms with van der Waals surface area (Å²) in [7, 11) is 1.54. The molecule has 1 spiro atoms. The number of Topliss-reactive ketones (excluding diaryl/α,β-unsaturated/α-hetero) is 1. The van der Waals surface area contributed by atoms with Crippen LogP contribution in [0, 0.1) is 11.8 Å². The van der Waals surface area contributed by atoms with Crippen molar-refractivity contribution in [3.63, 3.8) is 0 Å². The summed E-state index contributed by atoms with van der Waals surface area (Å²) in [6.07, 6.45) is 0.375. The third kappa shape index (κ3) is 5.05. The van der Waals surface area contributed by atoms with Crippen LogP contribution in [0.4, 0.5) is 0 Å². The molecular weight excluding hydrogens is 564 g/mol. The summed E-state index contributed by atoms with van der Waals surface area (Å²) in [6.45, 7) is 3.59. The first-order chi connectivity index (χ1) is 20.3. The van der Waals surface area contributed by atoms with E-state index in [1.54, 1.807) is 6.08 Å². The van der Waals surface area contributed by atoms with E-state index in [1.165, 1.54) is 21.0 Å². The van der Waals surface area contributed by atoms with Gasteiger partial charge in [-0.2, -0.15) is 0 Å². The fourth-order valence-corrected chi connectivity index (χ4v) is 7.28. The molecule has 3 aliphatic carbocycles. The standard InChI is InChI=1S/C31H36O12/c1-15(32)12-19(29(37)41-17(3)28(36)40-16(2)27(34)35)14-23(33)42-22-9-11-31(38)20-6-5-10-30(31)24-18(13-20)7-8-21(39-4)25(24)43-26(22)30/h7-9,16-17,19-20,26,38H,5-6,10-14H2,1-4H3,(H,34,35)/t16-,17-,19-,20-,26+,30+,31-/m0/s1. The molecule has 1 aromatic carbocycles. The lowest BCUT2D eigenvalue weighted by molar-refractivity contribution is -0.177. The fraction of sp³-hybridized carbons (Fsp3) is 0.581. The Morgan fingerprint density at radius 3 is 2.47 bits per heavy atom. The molecule has 1 heterocycles. The molecule has 12 nitrogen and oxygen atoms in total. The lowest BCUT2D eigenvalue weighted by Crippen LogP contribution is -2.67. The number of ketones is 1. The van der Waals surface area contributed by atoms with Gasteiger partial charge in [0.05, 0.1) is 30.5 Å². The molecule has 43 heavy (non-hydrogen) atoms. The van der Waals surface area contributed by atoms with Crippen LogP contribution in [0.3, 0.4) is 0 Å². The quantitative estimate of drug-likeness (QED) is 0.281. The van der Waals surface area contributed by atoms with E-state index in [1.807, 2.05) is 12.1 Å². The van der Waals surface area contributed by atoms with E-state index in [0.717, 1.165) is 30.9 Å². The van der Waals surface area contributed by atoms with Gasteiger partial charge in [-0.15, -0.1) is 0 Å². The number of carbonyl (C=O) groups excluding carboxylic acids is 4. The Bertz CT molecular complexity index is 1400. The Hall–Kier alpha value is -3.93. The molecule has 1 aromatic rings. The second kappa shape index (κ2) is 11.3. The molecular formula is C31H36O12. The molecule has 0 amide bonds. The van der Waals surface area contributed by atoms with E-state index in [2.05, 4.69) is 0 Å². The number of benzene rings is 1. The lowest BCUT2D eigenvalue weighted by atomic mass is 9.47. The molecule has 1 saturated carbocycles. The summed E-state index contributed by atoms with van der Waals surface area (Å²) in [4.78, 5) is 61.3. The van der Waals surface area contributed by atoms with Crippen LogP contribution < -0.4 is 9.47 Å². The Morgan fingerprint density at radius 2 is 1.79 bits per heavy atom. The van der Waals surface area contributed by atoms with E-state index < -0.39 is 71.3 Å². The minimum absolute atomic E-state index is 0.00887. The number of aliphatic carboxylic acids is 1. The Kier molecular flexibility index (Phi) is 8.02. The highest BCUT2D eigenvalue weighted by Crippen LogP contribution is 2.67. The van der Waals surface area contributed by atoms with Crippen molar-refractivity contribution in [3.8, 4) is 11.5 Å². The van der Waals surface area contributed by atoms with Gasteiger partial charge in [-0.3, -0.25) is 9.59 Å². The largest absolute Gasteiger partial charge is 0.493 e. The smallest absolute Gasteiger partial charge is 0.347 e. The Labute approximate surface area is 248 Å². The third-order valence-corrected chi connectivity index (χ3v) is 9.25. The second-order valence-corrected chi connectivity index (χ2v) is 11.9. The molecule has 1 aliphatic heterocycles. The summed E-state index contributed by atoms with van der Waals surface area (Å²) in [5, 5.41) is 21.1. The summed E-state index contributed by atoms with van der Waals surface area (Å²) in [6, 6.07) is 3.85. The molecule has 0 unspecified atom stereocenters. The highest BCUT2D eigenvalue weighted by atomic mass is 16.6. The third-order valence-electron chi connectivity index (χ3n) is 9.25. The predicted octanol–water partition coefficient (Wildman–Crippen LogP) is 2.55. The van der Waals surface area contributed by atoms with Crippen molar-refractivity contribution in [1.29, 1.82) is 0 Å². The molecule has 0 radical (unpaired) electrons. The number of methoxy groups -OCH3 is 1. The molecule has 0 saturated heterocycles. The van der Waals surface area contributed by atoms with Gasteiger partial charge in [-0.1, -0.05) is 12.5 Å². The SMILES string of the molecule is COc1ccc2c3c1O[C@@H]1C(OC(=O)C[C@H](CC(C)=O)C(=O)O[C@@H](C)C(=O)O[C@@H](C)C(=O)O)=CC[C@]4(O)[C@@H](CCC[C@@]314)C2. The van der Waals surface area contributed by atoms with Crippen molar-refractivity contribution in [1.82, 2.24) is 0 Å². The number of hydrogen-bond acceptors (Lipinski definition) is 11. The topological polar surface area (TPSA) is 172 Å². The molecule has 2 bridgehead atoms. The number of aliphatic hydroxyl groups is 1. The van der Waals surface area contributed by atoms with Crippen molar-refractivity contribution in [2.75, 3.05) is 7.11 Å². The summed E-state index contributed by atoms with van der Waals surface area (Å²) >= 11 is 0. The zero-order valence-corrected chi connectivity index (χ0v) is 24.5. The van der Waals surface area contributed by atoms with Crippen molar-refractivity contribution in [2.45, 2.75) is 95.0 Å². The number of carboxylic acids is 1. The number of esters is 3. The number of hydrogen-bond donors (Lipinski definition) is 2. The normalized spacial score (nSPS) is 28.2. The van der Waals surface area contributed by atoms with Gasteiger partial charge < -0.3 is 38.7 Å². The number of ether oxygens (including phenoxy) is 5. The first kappa shape index (κ1) is 30.5. The Balaban J connectivity index is 1.34. The van der Waals surface area contributed by atoms with Crippen molar-refractivity contribution >= 4 is 29.7 Å². The van der Waals surface area contributed by atoms with Crippen molar-refractivity contribution in [2.24, 2.45) is 11.8 Å². The van der Waals surface area contributed by atoms with Gasteiger partial charge >= 0.3 is 23.9 Å². The van der Waals surface area contributed by atoms with Gasteiger partial charge in [-0.05, 0) is 70.1 Å². The van der Waals surface area contributed by atoms with E-state index in [-0.39, 0.29) is 24.5 Å².